The summed E-state index contributed by atoms with van der Waals surface area (Å²) in [6.07, 6.45) is 2.48. The molecular weight excluding hydrogens is 244 g/mol. The van der Waals surface area contributed by atoms with E-state index in [0.29, 0.717) is 5.54 Å². The third-order valence-electron chi connectivity index (χ3n) is 5.46. The van der Waals surface area contributed by atoms with Crippen molar-refractivity contribution in [2.24, 2.45) is 0 Å². The Morgan fingerprint density at radius 3 is 2.70 bits per heavy atom. The summed E-state index contributed by atoms with van der Waals surface area (Å²) >= 11 is 0. The first-order chi connectivity index (χ1) is 9.43. The molecule has 2 nitrogen and oxygen atoms in total. The molecule has 0 bridgehead atoms. The summed E-state index contributed by atoms with van der Waals surface area (Å²) in [5.74, 6) is 0.742. The van der Waals surface area contributed by atoms with Crippen LogP contribution in [0.2, 0.25) is 0 Å². The van der Waals surface area contributed by atoms with Crippen LogP contribution in [0.25, 0.3) is 0 Å². The van der Waals surface area contributed by atoms with E-state index in [9.17, 15) is 0 Å². The second-order valence-electron chi connectivity index (χ2n) is 7.57. The highest BCUT2D eigenvalue weighted by Crippen LogP contribution is 2.38. The zero-order valence-electron chi connectivity index (χ0n) is 13.4. The first-order valence-electron chi connectivity index (χ1n) is 8.01. The van der Waals surface area contributed by atoms with Crippen LogP contribution in [0.1, 0.15) is 51.2 Å². The highest BCUT2D eigenvalue weighted by molar-refractivity contribution is 5.40. The fraction of sp³-hybridized carbons (Fsp3) is 0.667. The van der Waals surface area contributed by atoms with E-state index in [2.05, 4.69) is 62.2 Å². The summed E-state index contributed by atoms with van der Waals surface area (Å²) in [6.45, 7) is 12.8. The number of nitrogens with zero attached hydrogens (tertiary/aromatic N) is 1. The minimum absolute atomic E-state index is 0.234. The second kappa shape index (κ2) is 4.85. The molecule has 1 aliphatic carbocycles. The maximum absolute atomic E-state index is 3.72. The lowest BCUT2D eigenvalue weighted by molar-refractivity contribution is 0.0176. The Morgan fingerprint density at radius 1 is 1.25 bits per heavy atom. The Hall–Kier alpha value is -0.860. The summed E-state index contributed by atoms with van der Waals surface area (Å²) < 4.78 is 0. The molecule has 1 N–H and O–H groups in total. The van der Waals surface area contributed by atoms with Gasteiger partial charge in [-0.15, -0.1) is 0 Å². The predicted octanol–water partition coefficient (Wildman–Crippen LogP) is 3.18. The van der Waals surface area contributed by atoms with Crippen molar-refractivity contribution < 1.29 is 0 Å². The minimum Gasteiger partial charge on any atom is -0.309 e. The Labute approximate surface area is 123 Å². The highest BCUT2D eigenvalue weighted by Gasteiger charge is 2.41. The normalized spacial score (nSPS) is 32.5. The highest BCUT2D eigenvalue weighted by atomic mass is 15.3. The van der Waals surface area contributed by atoms with Crippen LogP contribution in [0.15, 0.2) is 24.3 Å². The van der Waals surface area contributed by atoms with E-state index in [1.54, 1.807) is 11.1 Å². The number of hydrogen-bond acceptors (Lipinski definition) is 2. The molecular formula is C18H28N2. The zero-order chi connectivity index (χ0) is 14.4. The molecule has 2 unspecified atom stereocenters. The van der Waals surface area contributed by atoms with Gasteiger partial charge in [-0.05, 0) is 44.7 Å². The maximum atomic E-state index is 3.72. The van der Waals surface area contributed by atoms with Crippen LogP contribution in [0.5, 0.6) is 0 Å². The topological polar surface area (TPSA) is 15.3 Å². The zero-order valence-corrected chi connectivity index (χ0v) is 13.4. The Kier molecular flexibility index (Phi) is 3.42. The molecule has 1 aromatic rings. The molecule has 2 atom stereocenters. The molecule has 1 aromatic carbocycles. The molecule has 20 heavy (non-hydrogen) atoms. The summed E-state index contributed by atoms with van der Waals surface area (Å²) in [4.78, 5) is 2.74. The number of hydrogen-bond donors (Lipinski definition) is 1. The van der Waals surface area contributed by atoms with E-state index in [1.165, 1.54) is 19.4 Å². The van der Waals surface area contributed by atoms with Gasteiger partial charge in [-0.2, -0.15) is 0 Å². The van der Waals surface area contributed by atoms with Gasteiger partial charge in [0.05, 0.1) is 0 Å². The van der Waals surface area contributed by atoms with Gasteiger partial charge in [0.2, 0.25) is 0 Å². The Balaban J connectivity index is 1.75. The van der Waals surface area contributed by atoms with Crippen LogP contribution in [0.4, 0.5) is 0 Å². The van der Waals surface area contributed by atoms with Gasteiger partial charge in [0.15, 0.2) is 0 Å². The smallest absolute Gasteiger partial charge is 0.0304 e. The van der Waals surface area contributed by atoms with Gasteiger partial charge >= 0.3 is 0 Å². The third-order valence-corrected chi connectivity index (χ3v) is 5.46. The first kappa shape index (κ1) is 14.1. The molecule has 2 heteroatoms. The summed E-state index contributed by atoms with van der Waals surface area (Å²) in [5, 5.41) is 3.72. The quantitative estimate of drug-likeness (QED) is 0.909. The van der Waals surface area contributed by atoms with E-state index in [4.69, 9.17) is 0 Å². The largest absolute Gasteiger partial charge is 0.309 e. The van der Waals surface area contributed by atoms with E-state index >= 15 is 0 Å². The molecule has 1 heterocycles. The van der Waals surface area contributed by atoms with Crippen LogP contribution in [-0.2, 0) is 6.42 Å². The van der Waals surface area contributed by atoms with Crippen LogP contribution in [-0.4, -0.2) is 35.6 Å². The molecule has 110 valence electrons. The van der Waals surface area contributed by atoms with Crippen molar-refractivity contribution in [2.75, 3.05) is 19.6 Å². The van der Waals surface area contributed by atoms with Crippen molar-refractivity contribution in [1.29, 1.82) is 0 Å². The van der Waals surface area contributed by atoms with Crippen LogP contribution < -0.4 is 5.32 Å². The van der Waals surface area contributed by atoms with E-state index in [-0.39, 0.29) is 5.54 Å². The fourth-order valence-corrected chi connectivity index (χ4v) is 3.69. The number of fused-ring (bicyclic) bond motifs is 1. The van der Waals surface area contributed by atoms with Gasteiger partial charge in [0.25, 0.3) is 0 Å². The molecule has 0 spiro atoms. The number of nitrogens with one attached hydrogen (secondary N) is 1. The van der Waals surface area contributed by atoms with Crippen molar-refractivity contribution >= 4 is 0 Å². The van der Waals surface area contributed by atoms with Gasteiger partial charge in [0, 0.05) is 36.6 Å². The summed E-state index contributed by atoms with van der Waals surface area (Å²) in [6, 6.07) is 8.96. The van der Waals surface area contributed by atoms with Crippen molar-refractivity contribution in [3.63, 3.8) is 0 Å². The van der Waals surface area contributed by atoms with Crippen molar-refractivity contribution in [3.05, 3.63) is 35.4 Å². The molecule has 3 rings (SSSR count). The summed E-state index contributed by atoms with van der Waals surface area (Å²) in [7, 11) is 0. The van der Waals surface area contributed by atoms with E-state index < -0.39 is 0 Å². The number of piperazine rings is 1. The number of benzene rings is 1. The second-order valence-corrected chi connectivity index (χ2v) is 7.57. The fourth-order valence-electron chi connectivity index (χ4n) is 3.69. The maximum Gasteiger partial charge on any atom is 0.0304 e. The van der Waals surface area contributed by atoms with Gasteiger partial charge in [-0.3, -0.25) is 4.90 Å². The van der Waals surface area contributed by atoms with Gasteiger partial charge in [-0.1, -0.05) is 31.2 Å². The molecule has 0 amide bonds. The SMILES string of the molecule is CCC1(C)CNC(C)(C)CN1CC1Cc2ccccc21. The molecule has 1 saturated heterocycles. The Morgan fingerprint density at radius 2 is 2.00 bits per heavy atom. The Bertz CT molecular complexity index is 494. The lowest BCUT2D eigenvalue weighted by Gasteiger charge is -2.53. The monoisotopic (exact) mass is 272 g/mol. The standard InChI is InChI=1S/C18H28N2/c1-5-18(4)12-19-17(2,3)13-20(18)11-15-10-14-8-6-7-9-16(14)15/h6-9,15,19H,5,10-13H2,1-4H3. The minimum atomic E-state index is 0.234. The third kappa shape index (κ3) is 2.40. The van der Waals surface area contributed by atoms with E-state index in [0.717, 1.165) is 19.0 Å². The van der Waals surface area contributed by atoms with Crippen LogP contribution in [0, 0.1) is 0 Å². The van der Waals surface area contributed by atoms with Crippen molar-refractivity contribution in [3.8, 4) is 0 Å². The van der Waals surface area contributed by atoms with Gasteiger partial charge < -0.3 is 5.32 Å². The molecule has 0 aromatic heterocycles. The molecule has 1 aliphatic heterocycles. The van der Waals surface area contributed by atoms with Crippen molar-refractivity contribution in [2.45, 2.75) is 57.5 Å². The van der Waals surface area contributed by atoms with Gasteiger partial charge in [0.1, 0.15) is 0 Å². The molecule has 0 saturated carbocycles. The predicted molar refractivity (Wildman–Crippen MR) is 85.2 cm³/mol. The molecule has 0 radical (unpaired) electrons. The lowest BCUT2D eigenvalue weighted by atomic mass is 9.76. The molecule has 2 aliphatic rings. The van der Waals surface area contributed by atoms with E-state index in [1.807, 2.05) is 0 Å². The average Bonchev–Trinajstić information content (AvgIpc) is 2.40. The first-order valence-corrected chi connectivity index (χ1v) is 8.01. The summed E-state index contributed by atoms with van der Waals surface area (Å²) in [5.41, 5.74) is 3.69. The average molecular weight is 272 g/mol. The molecule has 1 fully saturated rings. The lowest BCUT2D eigenvalue weighted by Crippen LogP contribution is -2.67. The van der Waals surface area contributed by atoms with Crippen LogP contribution in [0.3, 0.4) is 0 Å². The van der Waals surface area contributed by atoms with Gasteiger partial charge in [-0.25, -0.2) is 0 Å². The number of rotatable bonds is 3. The van der Waals surface area contributed by atoms with Crippen LogP contribution >= 0.6 is 0 Å². The van der Waals surface area contributed by atoms with Crippen molar-refractivity contribution in [1.82, 2.24) is 10.2 Å².